The van der Waals surface area contributed by atoms with Gasteiger partial charge in [-0.3, -0.25) is 0 Å². The molecule has 6 heteroatoms. The van der Waals surface area contributed by atoms with E-state index in [1.54, 1.807) is 7.11 Å². The quantitative estimate of drug-likeness (QED) is 0.858. The van der Waals surface area contributed by atoms with Crippen LogP contribution in [0.3, 0.4) is 0 Å². The van der Waals surface area contributed by atoms with Crippen LogP contribution in [0.5, 0.6) is 0 Å². The summed E-state index contributed by atoms with van der Waals surface area (Å²) in [6.07, 6.45) is 0.118. The molecular weight excluding hydrogens is 244 g/mol. The number of hydrogen-bond donors (Lipinski definition) is 2. The first kappa shape index (κ1) is 12.1. The van der Waals surface area contributed by atoms with Crippen molar-refractivity contribution in [3.8, 4) is 11.4 Å². The van der Waals surface area contributed by atoms with Crippen LogP contribution in [0, 0.1) is 0 Å². The number of nitrogens with zero attached hydrogens (tertiary/aromatic N) is 2. The van der Waals surface area contributed by atoms with Gasteiger partial charge in [-0.2, -0.15) is 4.98 Å². The lowest BCUT2D eigenvalue weighted by Crippen LogP contribution is -2.33. The molecule has 0 amide bonds. The summed E-state index contributed by atoms with van der Waals surface area (Å²) in [6, 6.07) is 10.3. The summed E-state index contributed by atoms with van der Waals surface area (Å²) >= 11 is 0. The van der Waals surface area contributed by atoms with Crippen molar-refractivity contribution >= 4 is 6.01 Å². The van der Waals surface area contributed by atoms with Crippen molar-refractivity contribution in [2.45, 2.75) is 12.1 Å². The molecule has 2 heterocycles. The predicted molar refractivity (Wildman–Crippen MR) is 70.8 cm³/mol. The third-order valence-corrected chi connectivity index (χ3v) is 3.23. The molecule has 19 heavy (non-hydrogen) atoms. The van der Waals surface area contributed by atoms with Crippen LogP contribution >= 0.6 is 0 Å². The Hall–Kier alpha value is -1.92. The first-order chi connectivity index (χ1) is 9.36. The van der Waals surface area contributed by atoms with E-state index in [4.69, 9.17) is 9.26 Å². The second-order valence-corrected chi connectivity index (χ2v) is 4.47. The Labute approximate surface area is 111 Å². The van der Waals surface area contributed by atoms with E-state index in [9.17, 15) is 0 Å². The van der Waals surface area contributed by atoms with Gasteiger partial charge in [0.25, 0.3) is 0 Å². The summed E-state index contributed by atoms with van der Waals surface area (Å²) in [5, 5.41) is 10.4. The normalized spacial score (nSPS) is 22.6. The monoisotopic (exact) mass is 260 g/mol. The minimum absolute atomic E-state index is 0.118. The van der Waals surface area contributed by atoms with E-state index in [2.05, 4.69) is 20.8 Å². The average Bonchev–Trinajstić information content (AvgIpc) is 3.09. The van der Waals surface area contributed by atoms with Gasteiger partial charge in [-0.05, 0) is 0 Å². The zero-order chi connectivity index (χ0) is 13.1. The second kappa shape index (κ2) is 5.38. The van der Waals surface area contributed by atoms with E-state index in [1.165, 1.54) is 0 Å². The first-order valence-electron chi connectivity index (χ1n) is 6.26. The van der Waals surface area contributed by atoms with E-state index in [0.29, 0.717) is 11.8 Å². The van der Waals surface area contributed by atoms with Crippen LogP contribution in [0.4, 0.5) is 6.01 Å². The highest BCUT2D eigenvalue weighted by Crippen LogP contribution is 2.18. The van der Waals surface area contributed by atoms with Crippen LogP contribution in [-0.4, -0.2) is 42.5 Å². The molecule has 0 unspecified atom stereocenters. The van der Waals surface area contributed by atoms with Gasteiger partial charge in [0.1, 0.15) is 0 Å². The maximum absolute atomic E-state index is 5.37. The van der Waals surface area contributed by atoms with Gasteiger partial charge < -0.3 is 19.9 Å². The van der Waals surface area contributed by atoms with Gasteiger partial charge in [-0.25, -0.2) is 0 Å². The maximum Gasteiger partial charge on any atom is 0.322 e. The summed E-state index contributed by atoms with van der Waals surface area (Å²) in [6.45, 7) is 1.65. The lowest BCUT2D eigenvalue weighted by Gasteiger charge is -2.16. The molecule has 6 nitrogen and oxygen atoms in total. The average molecular weight is 260 g/mol. The minimum Gasteiger partial charge on any atom is -0.378 e. The van der Waals surface area contributed by atoms with Gasteiger partial charge in [0, 0.05) is 25.8 Å². The van der Waals surface area contributed by atoms with Crippen molar-refractivity contribution in [3.05, 3.63) is 30.3 Å². The summed E-state index contributed by atoms with van der Waals surface area (Å²) in [4.78, 5) is 4.34. The lowest BCUT2D eigenvalue weighted by atomic mass is 10.2. The molecule has 0 spiro atoms. The molecular formula is C13H16N4O2. The fourth-order valence-electron chi connectivity index (χ4n) is 2.19. The molecule has 2 aromatic rings. The predicted octanol–water partition coefficient (Wildman–Crippen LogP) is 1.14. The molecule has 0 saturated carbocycles. The van der Waals surface area contributed by atoms with Gasteiger partial charge in [-0.15, -0.1) is 0 Å². The van der Waals surface area contributed by atoms with Gasteiger partial charge in [0.05, 0.1) is 12.1 Å². The summed E-state index contributed by atoms with van der Waals surface area (Å²) < 4.78 is 10.6. The zero-order valence-corrected chi connectivity index (χ0v) is 10.7. The number of aromatic nitrogens is 2. The molecule has 0 aliphatic carbocycles. The highest BCUT2D eigenvalue weighted by atomic mass is 16.5. The van der Waals surface area contributed by atoms with Crippen LogP contribution in [0.15, 0.2) is 34.9 Å². The van der Waals surface area contributed by atoms with Crippen molar-refractivity contribution in [3.63, 3.8) is 0 Å². The number of rotatable bonds is 4. The Bertz CT molecular complexity index is 528. The minimum atomic E-state index is 0.118. The van der Waals surface area contributed by atoms with E-state index in [1.807, 2.05) is 30.3 Å². The summed E-state index contributed by atoms with van der Waals surface area (Å²) in [5.41, 5.74) is 0.937. The van der Waals surface area contributed by atoms with E-state index in [0.717, 1.165) is 18.7 Å². The molecule has 0 bridgehead atoms. The van der Waals surface area contributed by atoms with Crippen LogP contribution in [0.25, 0.3) is 11.4 Å². The number of ether oxygens (including phenoxy) is 1. The third-order valence-electron chi connectivity index (χ3n) is 3.23. The Morgan fingerprint density at radius 3 is 2.95 bits per heavy atom. The number of hydrogen-bond acceptors (Lipinski definition) is 6. The Morgan fingerprint density at radius 2 is 2.16 bits per heavy atom. The maximum atomic E-state index is 5.37. The van der Waals surface area contributed by atoms with Crippen LogP contribution in [-0.2, 0) is 4.74 Å². The van der Waals surface area contributed by atoms with E-state index in [-0.39, 0.29) is 12.1 Å². The molecule has 2 atom stereocenters. The molecule has 1 aliphatic rings. The van der Waals surface area contributed by atoms with Gasteiger partial charge in [0.2, 0.25) is 5.82 Å². The molecule has 0 radical (unpaired) electrons. The number of nitrogens with one attached hydrogen (secondary N) is 2. The fourth-order valence-corrected chi connectivity index (χ4v) is 2.19. The van der Waals surface area contributed by atoms with Crippen LogP contribution in [0.1, 0.15) is 0 Å². The first-order valence-corrected chi connectivity index (χ1v) is 6.26. The Kier molecular flexibility index (Phi) is 3.43. The lowest BCUT2D eigenvalue weighted by molar-refractivity contribution is 0.111. The molecule has 2 N–H and O–H groups in total. The van der Waals surface area contributed by atoms with Crippen molar-refractivity contribution in [1.29, 1.82) is 0 Å². The van der Waals surface area contributed by atoms with Crippen molar-refractivity contribution < 1.29 is 9.26 Å². The molecule has 1 aliphatic heterocycles. The largest absolute Gasteiger partial charge is 0.378 e. The van der Waals surface area contributed by atoms with Crippen LogP contribution < -0.4 is 10.6 Å². The highest BCUT2D eigenvalue weighted by molar-refractivity contribution is 5.55. The summed E-state index contributed by atoms with van der Waals surface area (Å²) in [7, 11) is 1.70. The molecule has 1 aromatic carbocycles. The zero-order valence-electron chi connectivity index (χ0n) is 10.7. The molecule has 1 aromatic heterocycles. The molecule has 1 fully saturated rings. The molecule has 100 valence electrons. The smallest absolute Gasteiger partial charge is 0.322 e. The SMILES string of the molecule is CO[C@H]1CNC[C@@H]1Nc1nc(-c2ccccc2)no1. The molecule has 1 saturated heterocycles. The standard InChI is InChI=1S/C13H16N4O2/c1-18-11-8-14-7-10(11)15-13-16-12(17-19-13)9-5-3-2-4-6-9/h2-6,10-11,14H,7-8H2,1H3,(H,15,16,17)/t10-,11-/m0/s1. The number of methoxy groups -OCH3 is 1. The summed E-state index contributed by atoms with van der Waals surface area (Å²) in [5.74, 6) is 0.586. The topological polar surface area (TPSA) is 72.2 Å². The van der Waals surface area contributed by atoms with Crippen molar-refractivity contribution in [2.75, 3.05) is 25.5 Å². The van der Waals surface area contributed by atoms with E-state index >= 15 is 0 Å². The van der Waals surface area contributed by atoms with Gasteiger partial charge in [-0.1, -0.05) is 35.5 Å². The number of anilines is 1. The Morgan fingerprint density at radius 1 is 1.32 bits per heavy atom. The second-order valence-electron chi connectivity index (χ2n) is 4.47. The Balaban J connectivity index is 1.72. The fraction of sp³-hybridized carbons (Fsp3) is 0.385. The van der Waals surface area contributed by atoms with Gasteiger partial charge >= 0.3 is 6.01 Å². The van der Waals surface area contributed by atoms with Crippen molar-refractivity contribution in [1.82, 2.24) is 15.5 Å². The third kappa shape index (κ3) is 2.59. The van der Waals surface area contributed by atoms with Gasteiger partial charge in [0.15, 0.2) is 0 Å². The van der Waals surface area contributed by atoms with E-state index < -0.39 is 0 Å². The number of benzene rings is 1. The molecule has 3 rings (SSSR count). The highest BCUT2D eigenvalue weighted by Gasteiger charge is 2.28. The van der Waals surface area contributed by atoms with Crippen molar-refractivity contribution in [2.24, 2.45) is 0 Å². The van der Waals surface area contributed by atoms with Crippen LogP contribution in [0.2, 0.25) is 0 Å².